The molecule has 0 aliphatic carbocycles. The summed E-state index contributed by atoms with van der Waals surface area (Å²) in [5.41, 5.74) is 2.56. The fourth-order valence-corrected chi connectivity index (χ4v) is 3.56. The van der Waals surface area contributed by atoms with Gasteiger partial charge in [-0.15, -0.1) is 10.2 Å². The fraction of sp³-hybridized carbons (Fsp3) is 0.542. The maximum absolute atomic E-state index is 11.5. The van der Waals surface area contributed by atoms with E-state index in [0.717, 1.165) is 44.8 Å². The average molecular weight is 457 g/mol. The van der Waals surface area contributed by atoms with Crippen LogP contribution in [0.3, 0.4) is 0 Å². The van der Waals surface area contributed by atoms with Crippen molar-refractivity contribution in [1.29, 1.82) is 0 Å². The Bertz CT molecular complexity index is 840. The quantitative estimate of drug-likeness (QED) is 0.474. The molecule has 2 heterocycles. The first kappa shape index (κ1) is 24.6. The zero-order valence-electron chi connectivity index (χ0n) is 19.8. The number of benzene rings is 1. The summed E-state index contributed by atoms with van der Waals surface area (Å²) in [6.07, 6.45) is 2.04. The van der Waals surface area contributed by atoms with Crippen molar-refractivity contribution >= 4 is 17.5 Å². The van der Waals surface area contributed by atoms with Crippen molar-refractivity contribution in [3.63, 3.8) is 0 Å². The molecule has 0 bridgehead atoms. The second-order valence-electron chi connectivity index (χ2n) is 8.04. The van der Waals surface area contributed by atoms with E-state index in [0.29, 0.717) is 38.8 Å². The Labute approximate surface area is 196 Å². The number of nitrogens with zero attached hydrogens (tertiary/aromatic N) is 4. The van der Waals surface area contributed by atoms with E-state index in [1.807, 2.05) is 12.1 Å². The number of aryl methyl sites for hydroxylation is 1. The second-order valence-corrected chi connectivity index (χ2v) is 8.04. The van der Waals surface area contributed by atoms with Crippen LogP contribution in [-0.2, 0) is 4.74 Å². The van der Waals surface area contributed by atoms with E-state index >= 15 is 0 Å². The number of amides is 2. The molecule has 1 fully saturated rings. The minimum Gasteiger partial charge on any atom is -0.474 e. The van der Waals surface area contributed by atoms with Gasteiger partial charge < -0.3 is 29.9 Å². The van der Waals surface area contributed by atoms with Crippen molar-refractivity contribution in [2.24, 2.45) is 0 Å². The van der Waals surface area contributed by atoms with E-state index in [1.165, 1.54) is 11.3 Å². The summed E-state index contributed by atoms with van der Waals surface area (Å²) < 4.78 is 11.1. The zero-order valence-corrected chi connectivity index (χ0v) is 19.8. The molecule has 9 heteroatoms. The number of urea groups is 1. The average Bonchev–Trinajstić information content (AvgIpc) is 2.84. The summed E-state index contributed by atoms with van der Waals surface area (Å²) in [5, 5.41) is 14.1. The first-order valence-corrected chi connectivity index (χ1v) is 11.8. The van der Waals surface area contributed by atoms with Crippen molar-refractivity contribution in [2.45, 2.75) is 26.7 Å². The van der Waals surface area contributed by atoms with Crippen LogP contribution in [0.4, 0.5) is 16.3 Å². The molecule has 2 amide bonds. The first-order valence-electron chi connectivity index (χ1n) is 11.8. The maximum atomic E-state index is 11.5. The van der Waals surface area contributed by atoms with E-state index in [4.69, 9.17) is 9.47 Å². The molecule has 9 nitrogen and oxygen atoms in total. The summed E-state index contributed by atoms with van der Waals surface area (Å²) >= 11 is 0. The molecule has 180 valence electrons. The number of nitrogens with one attached hydrogen (secondary N) is 2. The van der Waals surface area contributed by atoms with Gasteiger partial charge in [0.15, 0.2) is 5.82 Å². The molecule has 0 atom stereocenters. The number of aromatic nitrogens is 2. The third kappa shape index (κ3) is 8.42. The van der Waals surface area contributed by atoms with Crippen LogP contribution in [0, 0.1) is 6.92 Å². The lowest BCUT2D eigenvalue weighted by Crippen LogP contribution is -2.46. The Morgan fingerprint density at radius 1 is 0.970 bits per heavy atom. The zero-order chi connectivity index (χ0) is 23.3. The molecule has 3 rings (SSSR count). The van der Waals surface area contributed by atoms with E-state index in [2.05, 4.69) is 68.7 Å². The number of anilines is 2. The molecule has 1 aliphatic rings. The summed E-state index contributed by atoms with van der Waals surface area (Å²) in [4.78, 5) is 16.2. The molecule has 0 saturated carbocycles. The van der Waals surface area contributed by atoms with E-state index < -0.39 is 0 Å². The summed E-state index contributed by atoms with van der Waals surface area (Å²) in [5.74, 6) is 1.35. The predicted molar refractivity (Wildman–Crippen MR) is 130 cm³/mol. The topological polar surface area (TPSA) is 91.9 Å². The molecule has 1 aromatic heterocycles. The Kier molecular flexibility index (Phi) is 10.0. The van der Waals surface area contributed by atoms with Crippen molar-refractivity contribution in [3.05, 3.63) is 42.0 Å². The lowest BCUT2D eigenvalue weighted by Gasteiger charge is -2.36. The van der Waals surface area contributed by atoms with Gasteiger partial charge in [-0.1, -0.05) is 25.5 Å². The molecule has 2 N–H and O–H groups in total. The standard InChI is InChI=1S/C24H36N6O3/c1-3-4-10-25-24(31)26-11-16-32-17-18-33-23-9-8-22(27-28-23)30-14-12-29(13-15-30)21-7-5-6-20(2)19-21/h5-9,19H,3-4,10-18H2,1-2H3,(H2,25,26,31). The van der Waals surface area contributed by atoms with Crippen LogP contribution in [0.25, 0.3) is 0 Å². The minimum atomic E-state index is -0.157. The molecule has 33 heavy (non-hydrogen) atoms. The number of piperazine rings is 1. The lowest BCUT2D eigenvalue weighted by molar-refractivity contribution is 0.101. The van der Waals surface area contributed by atoms with Crippen LogP contribution in [-0.4, -0.2) is 75.3 Å². The Morgan fingerprint density at radius 3 is 2.48 bits per heavy atom. The minimum absolute atomic E-state index is 0.157. The van der Waals surface area contributed by atoms with E-state index in [9.17, 15) is 4.79 Å². The van der Waals surface area contributed by atoms with Gasteiger partial charge in [0.2, 0.25) is 5.88 Å². The highest BCUT2D eigenvalue weighted by Gasteiger charge is 2.18. The third-order valence-corrected chi connectivity index (χ3v) is 5.42. The normalized spacial score (nSPS) is 13.6. The van der Waals surface area contributed by atoms with Gasteiger partial charge >= 0.3 is 6.03 Å². The van der Waals surface area contributed by atoms with Gasteiger partial charge in [0.25, 0.3) is 0 Å². The number of unbranched alkanes of at least 4 members (excludes halogenated alkanes) is 1. The monoisotopic (exact) mass is 456 g/mol. The smallest absolute Gasteiger partial charge is 0.314 e. The van der Waals surface area contributed by atoms with Gasteiger partial charge in [0, 0.05) is 51.0 Å². The van der Waals surface area contributed by atoms with Gasteiger partial charge in [-0.2, -0.15) is 0 Å². The van der Waals surface area contributed by atoms with Crippen molar-refractivity contribution in [2.75, 3.05) is 68.9 Å². The number of ether oxygens (including phenoxy) is 2. The molecule has 0 unspecified atom stereocenters. The number of carbonyl (C=O) groups excluding carboxylic acids is 1. The third-order valence-electron chi connectivity index (χ3n) is 5.42. The number of hydrogen-bond donors (Lipinski definition) is 2. The summed E-state index contributed by atoms with van der Waals surface area (Å²) in [6.45, 7) is 10.3. The fourth-order valence-electron chi connectivity index (χ4n) is 3.56. The van der Waals surface area contributed by atoms with Crippen LogP contribution in [0.5, 0.6) is 5.88 Å². The van der Waals surface area contributed by atoms with Gasteiger partial charge in [-0.05, 0) is 37.1 Å². The van der Waals surface area contributed by atoms with Crippen LogP contribution in [0.2, 0.25) is 0 Å². The second kappa shape index (κ2) is 13.5. The molecular formula is C24H36N6O3. The molecule has 1 saturated heterocycles. The first-order chi connectivity index (χ1) is 16.2. The predicted octanol–water partition coefficient (Wildman–Crippen LogP) is 2.61. The molecule has 1 aromatic carbocycles. The van der Waals surface area contributed by atoms with Crippen molar-refractivity contribution < 1.29 is 14.3 Å². The van der Waals surface area contributed by atoms with E-state index in [1.54, 1.807) is 0 Å². The van der Waals surface area contributed by atoms with Crippen LogP contribution in [0.1, 0.15) is 25.3 Å². The highest BCUT2D eigenvalue weighted by Crippen LogP contribution is 2.20. The van der Waals surface area contributed by atoms with Crippen molar-refractivity contribution in [3.8, 4) is 5.88 Å². The molecule has 0 radical (unpaired) electrons. The largest absolute Gasteiger partial charge is 0.474 e. The molecular weight excluding hydrogens is 420 g/mol. The Morgan fingerprint density at radius 2 is 1.76 bits per heavy atom. The Hall–Kier alpha value is -3.07. The highest BCUT2D eigenvalue weighted by molar-refractivity contribution is 5.73. The summed E-state index contributed by atoms with van der Waals surface area (Å²) in [7, 11) is 0. The number of rotatable bonds is 12. The van der Waals surface area contributed by atoms with E-state index in [-0.39, 0.29) is 6.03 Å². The molecule has 0 spiro atoms. The summed E-state index contributed by atoms with van der Waals surface area (Å²) in [6, 6.07) is 12.3. The molecule has 2 aromatic rings. The Balaban J connectivity index is 1.28. The van der Waals surface area contributed by atoms with Gasteiger partial charge in [-0.25, -0.2) is 4.79 Å². The van der Waals surface area contributed by atoms with Gasteiger partial charge in [-0.3, -0.25) is 0 Å². The van der Waals surface area contributed by atoms with Crippen LogP contribution >= 0.6 is 0 Å². The molecule has 1 aliphatic heterocycles. The van der Waals surface area contributed by atoms with Crippen LogP contribution in [0.15, 0.2) is 36.4 Å². The number of carbonyl (C=O) groups is 1. The lowest BCUT2D eigenvalue weighted by atomic mass is 10.2. The van der Waals surface area contributed by atoms with Gasteiger partial charge in [0.05, 0.1) is 13.2 Å². The van der Waals surface area contributed by atoms with Gasteiger partial charge in [0.1, 0.15) is 6.61 Å². The highest BCUT2D eigenvalue weighted by atomic mass is 16.5. The SMILES string of the molecule is CCCCNC(=O)NCCOCCOc1ccc(N2CCN(c3cccc(C)c3)CC2)nn1. The van der Waals surface area contributed by atoms with Crippen LogP contribution < -0.4 is 25.2 Å². The maximum Gasteiger partial charge on any atom is 0.314 e. The number of hydrogen-bond acceptors (Lipinski definition) is 7. The van der Waals surface area contributed by atoms with Crippen molar-refractivity contribution in [1.82, 2.24) is 20.8 Å².